The van der Waals surface area contributed by atoms with E-state index in [0.717, 1.165) is 155 Å². The zero-order chi connectivity index (χ0) is 49.8. The van der Waals surface area contributed by atoms with E-state index in [-0.39, 0.29) is 52.3 Å². The molecule has 0 spiro atoms. The zero-order valence-corrected chi connectivity index (χ0v) is 44.8. The van der Waals surface area contributed by atoms with Crippen molar-refractivity contribution >= 4 is 0 Å². The first-order valence-corrected chi connectivity index (χ1v) is 28.8. The normalized spacial score (nSPS) is 26.3. The van der Waals surface area contributed by atoms with Gasteiger partial charge in [0.05, 0.1) is 0 Å². The molecule has 69 heavy (non-hydrogen) atoms. The monoisotopic (exact) mass is 951 g/mol. The van der Waals surface area contributed by atoms with Crippen LogP contribution in [0.2, 0.25) is 0 Å². The van der Waals surface area contributed by atoms with Crippen molar-refractivity contribution in [3.8, 4) is 34.5 Å². The molecule has 0 saturated heterocycles. The molecular weight excluding hydrogens is 853 g/mol. The minimum absolute atomic E-state index is 0.0700. The van der Waals surface area contributed by atoms with Crippen LogP contribution in [0.25, 0.3) is 0 Å². The summed E-state index contributed by atoms with van der Waals surface area (Å²) in [5, 5.41) is 69.5. The third kappa shape index (κ3) is 14.3. The summed E-state index contributed by atoms with van der Waals surface area (Å²) in [5.74, 6) is 5.93. The molecule has 6 heteroatoms. The van der Waals surface area contributed by atoms with Crippen LogP contribution in [-0.4, -0.2) is 30.6 Å². The molecule has 11 atom stereocenters. The second kappa shape index (κ2) is 26.2. The van der Waals surface area contributed by atoms with Gasteiger partial charge in [0.2, 0.25) is 0 Å². The first kappa shape index (κ1) is 54.8. The van der Waals surface area contributed by atoms with Gasteiger partial charge in [-0.1, -0.05) is 145 Å². The van der Waals surface area contributed by atoms with E-state index in [4.69, 9.17) is 0 Å². The Labute approximate surface area is 420 Å². The maximum atomic E-state index is 11.9. The van der Waals surface area contributed by atoms with Crippen LogP contribution in [-0.2, 0) is 19.3 Å². The van der Waals surface area contributed by atoms with Crippen molar-refractivity contribution in [1.29, 1.82) is 0 Å². The number of unbranched alkanes of at least 4 members (excludes halogenated alkanes) is 6. The number of aromatic hydroxyl groups is 6. The van der Waals surface area contributed by atoms with Gasteiger partial charge >= 0.3 is 0 Å². The molecule has 0 radical (unpaired) electrons. The predicted octanol–water partition coefficient (Wildman–Crippen LogP) is 17.5. The van der Waals surface area contributed by atoms with Crippen LogP contribution < -0.4 is 0 Å². The van der Waals surface area contributed by atoms with E-state index in [1.54, 1.807) is 0 Å². The lowest BCUT2D eigenvalue weighted by Gasteiger charge is -2.43. The number of hydrogen-bond acceptors (Lipinski definition) is 6. The molecule has 6 nitrogen and oxygen atoms in total. The van der Waals surface area contributed by atoms with Crippen LogP contribution in [0.5, 0.6) is 34.5 Å². The van der Waals surface area contributed by atoms with Crippen molar-refractivity contribution in [3.63, 3.8) is 0 Å². The number of phenols is 6. The van der Waals surface area contributed by atoms with Crippen LogP contribution in [0.15, 0.2) is 36.4 Å². The lowest BCUT2D eigenvalue weighted by atomic mass is 9.62. The Morgan fingerprint density at radius 3 is 1.22 bits per heavy atom. The first-order chi connectivity index (χ1) is 33.1. The highest BCUT2D eigenvalue weighted by atomic mass is 16.3. The van der Waals surface area contributed by atoms with Gasteiger partial charge in [0, 0.05) is 16.7 Å². The van der Waals surface area contributed by atoms with Gasteiger partial charge in [0.1, 0.15) is 34.5 Å². The molecule has 3 aliphatic rings. The summed E-state index contributed by atoms with van der Waals surface area (Å²) >= 11 is 0. The van der Waals surface area contributed by atoms with Crippen molar-refractivity contribution in [2.24, 2.45) is 53.3 Å². The molecule has 3 aromatic rings. The van der Waals surface area contributed by atoms with Gasteiger partial charge in [0.25, 0.3) is 0 Å². The topological polar surface area (TPSA) is 121 Å². The SMILES string of the molecule is CCCCCCCc1cc(O)c(C2CC(CCC(C)C3CCC(C)CC3c3c(O)cc(CCCCC)cc3O)CCC2C(C)CCC2CCC(C(C)C)C(c3c(O)cc(CCC)cc3O)C2)c(O)c1. The molecule has 0 heterocycles. The molecule has 3 aliphatic carbocycles. The zero-order valence-electron chi connectivity index (χ0n) is 44.8. The quantitative estimate of drug-likeness (QED) is 0.0498. The molecular formula is C63H98O6. The second-order valence-corrected chi connectivity index (χ2v) is 24.0. The maximum Gasteiger partial charge on any atom is 0.123 e. The summed E-state index contributed by atoms with van der Waals surface area (Å²) in [6.07, 6.45) is 26.9. The summed E-state index contributed by atoms with van der Waals surface area (Å²) in [5.41, 5.74) is 5.34. The summed E-state index contributed by atoms with van der Waals surface area (Å²) in [6.45, 7) is 18.3. The Hall–Kier alpha value is -3.54. The smallest absolute Gasteiger partial charge is 0.123 e. The molecule has 3 fully saturated rings. The van der Waals surface area contributed by atoms with Crippen molar-refractivity contribution in [3.05, 3.63) is 69.8 Å². The highest BCUT2D eigenvalue weighted by Gasteiger charge is 2.41. The van der Waals surface area contributed by atoms with Crippen LogP contribution in [0.4, 0.5) is 0 Å². The molecule has 6 N–H and O–H groups in total. The van der Waals surface area contributed by atoms with Crippen molar-refractivity contribution in [2.45, 2.75) is 234 Å². The Morgan fingerprint density at radius 1 is 0.420 bits per heavy atom. The maximum absolute atomic E-state index is 11.9. The molecule has 0 bridgehead atoms. The van der Waals surface area contributed by atoms with Crippen LogP contribution in [0.3, 0.4) is 0 Å². The van der Waals surface area contributed by atoms with Gasteiger partial charge in [-0.15, -0.1) is 0 Å². The summed E-state index contributed by atoms with van der Waals surface area (Å²) in [6, 6.07) is 11.6. The van der Waals surface area contributed by atoms with Gasteiger partial charge < -0.3 is 30.6 Å². The third-order valence-corrected chi connectivity index (χ3v) is 18.4. The van der Waals surface area contributed by atoms with E-state index in [9.17, 15) is 30.6 Å². The minimum atomic E-state index is 0.0700. The van der Waals surface area contributed by atoms with E-state index >= 15 is 0 Å². The first-order valence-electron chi connectivity index (χ1n) is 28.8. The Morgan fingerprint density at radius 2 is 0.783 bits per heavy atom. The Balaban J connectivity index is 1.18. The summed E-state index contributed by atoms with van der Waals surface area (Å²) in [4.78, 5) is 0. The highest BCUT2D eigenvalue weighted by molar-refractivity contribution is 5.51. The predicted molar refractivity (Wildman–Crippen MR) is 287 cm³/mol. The van der Waals surface area contributed by atoms with Crippen molar-refractivity contribution in [1.82, 2.24) is 0 Å². The number of rotatable bonds is 24. The summed E-state index contributed by atoms with van der Waals surface area (Å²) in [7, 11) is 0. The number of benzene rings is 3. The minimum Gasteiger partial charge on any atom is -0.508 e. The molecule has 0 aliphatic heterocycles. The number of phenolic OH excluding ortho intramolecular Hbond substituents is 6. The molecule has 3 saturated carbocycles. The van der Waals surface area contributed by atoms with E-state index < -0.39 is 0 Å². The molecule has 0 aromatic heterocycles. The van der Waals surface area contributed by atoms with Crippen molar-refractivity contribution in [2.75, 3.05) is 0 Å². The van der Waals surface area contributed by atoms with E-state index in [1.807, 2.05) is 36.4 Å². The van der Waals surface area contributed by atoms with E-state index in [1.165, 1.54) is 38.5 Å². The largest absolute Gasteiger partial charge is 0.508 e. The van der Waals surface area contributed by atoms with Gasteiger partial charge in [-0.2, -0.15) is 0 Å². The average Bonchev–Trinajstić information content (AvgIpc) is 3.29. The second-order valence-electron chi connectivity index (χ2n) is 24.0. The summed E-state index contributed by atoms with van der Waals surface area (Å²) < 4.78 is 0. The van der Waals surface area contributed by atoms with Crippen LogP contribution >= 0.6 is 0 Å². The molecule has 386 valence electrons. The molecule has 11 unspecified atom stereocenters. The Bertz CT molecular complexity index is 1970. The lowest BCUT2D eigenvalue weighted by Crippen LogP contribution is -2.31. The van der Waals surface area contributed by atoms with E-state index in [0.29, 0.717) is 53.3 Å². The standard InChI is InChI=1S/C63H98O6/c1-9-12-14-15-17-20-48-38-59(68)63(60(69)39-48)54-33-45(25-22-42(7)50-28-21-41(6)31-52(50)61-57(66)36-47(37-58(61)67)19-16-13-10-2)27-30-51(54)43(8)23-24-44-26-29-49(40(4)5)53(32-44)62-55(64)34-46(18-11-3)35-56(62)65/h34-45,49-54,64-69H,9-33H2,1-8H3. The fourth-order valence-corrected chi connectivity index (χ4v) is 14.5. The molecule has 6 rings (SSSR count). The highest BCUT2D eigenvalue weighted by Crippen LogP contribution is 2.55. The van der Waals surface area contributed by atoms with Crippen LogP contribution in [0, 0.1) is 53.3 Å². The van der Waals surface area contributed by atoms with Crippen molar-refractivity contribution < 1.29 is 30.6 Å². The fraction of sp³-hybridized carbons (Fsp3) is 0.714. The van der Waals surface area contributed by atoms with Gasteiger partial charge in [-0.25, -0.2) is 0 Å². The lowest BCUT2D eigenvalue weighted by molar-refractivity contribution is 0.131. The number of hydrogen-bond donors (Lipinski definition) is 6. The van der Waals surface area contributed by atoms with Crippen LogP contribution in [0.1, 0.15) is 248 Å². The third-order valence-electron chi connectivity index (χ3n) is 18.4. The number of aryl methyl sites for hydroxylation is 3. The molecule has 3 aromatic carbocycles. The van der Waals surface area contributed by atoms with Gasteiger partial charge in [0.15, 0.2) is 0 Å². The Kier molecular flexibility index (Phi) is 20.8. The average molecular weight is 951 g/mol. The molecule has 0 amide bonds. The van der Waals surface area contributed by atoms with Gasteiger partial charge in [-0.05, 0) is 195 Å². The van der Waals surface area contributed by atoms with Gasteiger partial charge in [-0.3, -0.25) is 0 Å². The fourth-order valence-electron chi connectivity index (χ4n) is 14.5. The van der Waals surface area contributed by atoms with E-state index in [2.05, 4.69) is 55.4 Å².